The summed E-state index contributed by atoms with van der Waals surface area (Å²) in [6, 6.07) is 5.58. The van der Waals surface area contributed by atoms with Gasteiger partial charge in [0.05, 0.1) is 0 Å². The lowest BCUT2D eigenvalue weighted by molar-refractivity contribution is 0.555. The monoisotopic (exact) mass is 181 g/mol. The largest absolute Gasteiger partial charge is 0.417 e. The van der Waals surface area contributed by atoms with Crippen molar-refractivity contribution >= 4 is 22.9 Å². The number of oxazole rings is 1. The SMILES string of the molecule is CSc1cccc2oc(=O)[nH]c12. The zero-order chi connectivity index (χ0) is 8.55. The Morgan fingerprint density at radius 2 is 2.33 bits per heavy atom. The van der Waals surface area contributed by atoms with Crippen LogP contribution in [0.15, 0.2) is 32.3 Å². The van der Waals surface area contributed by atoms with Gasteiger partial charge in [0.15, 0.2) is 5.58 Å². The van der Waals surface area contributed by atoms with Crippen LogP contribution in [0.5, 0.6) is 0 Å². The molecule has 0 amide bonds. The van der Waals surface area contributed by atoms with Gasteiger partial charge in [-0.15, -0.1) is 11.8 Å². The van der Waals surface area contributed by atoms with Crippen molar-refractivity contribution in [2.45, 2.75) is 4.90 Å². The smallest absolute Gasteiger partial charge is 0.408 e. The standard InChI is InChI=1S/C8H7NO2S/c1-12-6-4-2-3-5-7(6)9-8(10)11-5/h2-4H,1H3,(H,9,10). The molecule has 0 fully saturated rings. The predicted octanol–water partition coefficient (Wildman–Crippen LogP) is 1.84. The molecule has 0 atom stereocenters. The van der Waals surface area contributed by atoms with Gasteiger partial charge in [0.25, 0.3) is 0 Å². The molecule has 1 N–H and O–H groups in total. The van der Waals surface area contributed by atoms with Crippen molar-refractivity contribution in [1.82, 2.24) is 4.98 Å². The van der Waals surface area contributed by atoms with E-state index >= 15 is 0 Å². The Morgan fingerprint density at radius 1 is 1.50 bits per heavy atom. The van der Waals surface area contributed by atoms with Gasteiger partial charge in [-0.25, -0.2) is 4.79 Å². The number of aromatic amines is 1. The van der Waals surface area contributed by atoms with Gasteiger partial charge in [0, 0.05) is 4.90 Å². The molecule has 4 heteroatoms. The highest BCUT2D eigenvalue weighted by molar-refractivity contribution is 7.98. The summed E-state index contributed by atoms with van der Waals surface area (Å²) in [6.45, 7) is 0. The van der Waals surface area contributed by atoms with E-state index in [0.717, 1.165) is 10.4 Å². The lowest BCUT2D eigenvalue weighted by Gasteiger charge is -1.94. The Hall–Kier alpha value is -1.16. The number of aromatic nitrogens is 1. The second-order valence-corrected chi connectivity index (χ2v) is 3.20. The number of H-pyrrole nitrogens is 1. The molecule has 0 aliphatic rings. The van der Waals surface area contributed by atoms with E-state index in [0.29, 0.717) is 5.58 Å². The van der Waals surface area contributed by atoms with Crippen LogP contribution < -0.4 is 5.76 Å². The molecule has 0 aliphatic carbocycles. The average molecular weight is 181 g/mol. The highest BCUT2D eigenvalue weighted by atomic mass is 32.2. The normalized spacial score (nSPS) is 10.8. The summed E-state index contributed by atoms with van der Waals surface area (Å²) < 4.78 is 4.89. The van der Waals surface area contributed by atoms with Gasteiger partial charge >= 0.3 is 5.76 Å². The molecule has 1 aromatic heterocycles. The van der Waals surface area contributed by atoms with Crippen LogP contribution >= 0.6 is 11.8 Å². The van der Waals surface area contributed by atoms with E-state index in [1.807, 2.05) is 18.4 Å². The van der Waals surface area contributed by atoms with E-state index in [9.17, 15) is 4.79 Å². The fourth-order valence-corrected chi connectivity index (χ4v) is 1.69. The number of hydrogen-bond acceptors (Lipinski definition) is 3. The van der Waals surface area contributed by atoms with E-state index in [-0.39, 0.29) is 0 Å². The van der Waals surface area contributed by atoms with Crippen LogP contribution in [0.1, 0.15) is 0 Å². The molecular weight excluding hydrogens is 174 g/mol. The topological polar surface area (TPSA) is 46.0 Å². The molecule has 2 rings (SSSR count). The quantitative estimate of drug-likeness (QED) is 0.683. The maximum Gasteiger partial charge on any atom is 0.417 e. The van der Waals surface area contributed by atoms with Gasteiger partial charge in [-0.3, -0.25) is 4.98 Å². The van der Waals surface area contributed by atoms with Crippen molar-refractivity contribution in [3.8, 4) is 0 Å². The van der Waals surface area contributed by atoms with Gasteiger partial charge in [0.1, 0.15) is 5.52 Å². The predicted molar refractivity (Wildman–Crippen MR) is 48.6 cm³/mol. The van der Waals surface area contributed by atoms with E-state index in [2.05, 4.69) is 4.98 Å². The van der Waals surface area contributed by atoms with Crippen molar-refractivity contribution < 1.29 is 4.42 Å². The zero-order valence-electron chi connectivity index (χ0n) is 6.46. The molecule has 1 heterocycles. The molecule has 0 spiro atoms. The van der Waals surface area contributed by atoms with E-state index < -0.39 is 5.76 Å². The number of nitrogens with one attached hydrogen (secondary N) is 1. The van der Waals surface area contributed by atoms with Crippen molar-refractivity contribution in [1.29, 1.82) is 0 Å². The van der Waals surface area contributed by atoms with Gasteiger partial charge in [-0.1, -0.05) is 6.07 Å². The molecule has 3 nitrogen and oxygen atoms in total. The Kier molecular flexibility index (Phi) is 1.69. The van der Waals surface area contributed by atoms with Crippen LogP contribution in [0.3, 0.4) is 0 Å². The molecule has 0 radical (unpaired) electrons. The number of fused-ring (bicyclic) bond motifs is 1. The van der Waals surface area contributed by atoms with Crippen molar-refractivity contribution in [2.75, 3.05) is 6.26 Å². The summed E-state index contributed by atoms with van der Waals surface area (Å²) in [7, 11) is 0. The Morgan fingerprint density at radius 3 is 3.08 bits per heavy atom. The maximum absolute atomic E-state index is 10.8. The van der Waals surface area contributed by atoms with Gasteiger partial charge in [0.2, 0.25) is 0 Å². The third kappa shape index (κ3) is 1.04. The Bertz CT molecular complexity index is 457. The highest BCUT2D eigenvalue weighted by Crippen LogP contribution is 2.22. The van der Waals surface area contributed by atoms with Crippen molar-refractivity contribution in [3.63, 3.8) is 0 Å². The fraction of sp³-hybridized carbons (Fsp3) is 0.125. The van der Waals surface area contributed by atoms with E-state index in [1.54, 1.807) is 17.8 Å². The molecule has 0 saturated carbocycles. The van der Waals surface area contributed by atoms with Crippen LogP contribution in [-0.2, 0) is 0 Å². The first-order chi connectivity index (χ1) is 5.81. The summed E-state index contributed by atoms with van der Waals surface area (Å²) >= 11 is 1.58. The summed E-state index contributed by atoms with van der Waals surface area (Å²) in [5.41, 5.74) is 1.40. The Labute approximate surface area is 72.8 Å². The van der Waals surface area contributed by atoms with Gasteiger partial charge in [-0.2, -0.15) is 0 Å². The molecule has 12 heavy (non-hydrogen) atoms. The van der Waals surface area contributed by atoms with Crippen LogP contribution in [0.2, 0.25) is 0 Å². The number of thioether (sulfide) groups is 1. The third-order valence-corrected chi connectivity index (χ3v) is 2.42. The number of para-hydroxylation sites is 1. The molecule has 62 valence electrons. The van der Waals surface area contributed by atoms with Crippen molar-refractivity contribution in [2.24, 2.45) is 0 Å². The summed E-state index contributed by atoms with van der Waals surface area (Å²) in [5, 5.41) is 0. The molecule has 0 aliphatic heterocycles. The molecular formula is C8H7NO2S. The first-order valence-corrected chi connectivity index (χ1v) is 4.69. The minimum Gasteiger partial charge on any atom is -0.408 e. The first kappa shape index (κ1) is 7.49. The molecule has 0 saturated heterocycles. The summed E-state index contributed by atoms with van der Waals surface area (Å²) in [5.74, 6) is -0.397. The first-order valence-electron chi connectivity index (χ1n) is 3.47. The van der Waals surface area contributed by atoms with Crippen LogP contribution in [-0.4, -0.2) is 11.2 Å². The number of hydrogen-bond donors (Lipinski definition) is 1. The van der Waals surface area contributed by atoms with Gasteiger partial charge in [-0.05, 0) is 18.4 Å². The number of benzene rings is 1. The molecule has 0 bridgehead atoms. The van der Waals surface area contributed by atoms with Crippen LogP contribution in [0.25, 0.3) is 11.1 Å². The lowest BCUT2D eigenvalue weighted by atomic mass is 10.3. The number of rotatable bonds is 1. The van der Waals surface area contributed by atoms with Crippen molar-refractivity contribution in [3.05, 3.63) is 28.7 Å². The lowest BCUT2D eigenvalue weighted by Crippen LogP contribution is -1.93. The summed E-state index contributed by atoms with van der Waals surface area (Å²) in [6.07, 6.45) is 1.96. The minimum absolute atomic E-state index is 0.397. The third-order valence-electron chi connectivity index (χ3n) is 1.64. The van der Waals surface area contributed by atoms with Crippen LogP contribution in [0.4, 0.5) is 0 Å². The molecule has 0 unspecified atom stereocenters. The van der Waals surface area contributed by atoms with Gasteiger partial charge < -0.3 is 4.42 Å². The molecule has 1 aromatic carbocycles. The zero-order valence-corrected chi connectivity index (χ0v) is 7.27. The minimum atomic E-state index is -0.397. The van der Waals surface area contributed by atoms with Crippen LogP contribution in [0, 0.1) is 0 Å². The second-order valence-electron chi connectivity index (χ2n) is 2.35. The van der Waals surface area contributed by atoms with E-state index in [4.69, 9.17) is 4.42 Å². The second kappa shape index (κ2) is 2.71. The summed E-state index contributed by atoms with van der Waals surface area (Å²) in [4.78, 5) is 14.5. The maximum atomic E-state index is 10.8. The Balaban J connectivity index is 2.87. The fourth-order valence-electron chi connectivity index (χ4n) is 1.12. The average Bonchev–Trinajstić information content (AvgIpc) is 2.44. The molecule has 2 aromatic rings. The van der Waals surface area contributed by atoms with E-state index in [1.165, 1.54) is 0 Å². The highest BCUT2D eigenvalue weighted by Gasteiger charge is 2.03.